The van der Waals surface area contributed by atoms with Crippen molar-refractivity contribution in [1.29, 1.82) is 0 Å². The molecule has 1 amide bonds. The monoisotopic (exact) mass is 271 g/mol. The number of nitrogens with one attached hydrogen (secondary N) is 1. The van der Waals surface area contributed by atoms with Gasteiger partial charge in [-0.2, -0.15) is 0 Å². The molecule has 0 spiro atoms. The molecular formula is C14H13N3OS. The molecule has 0 aliphatic rings. The van der Waals surface area contributed by atoms with Crippen LogP contribution in [-0.2, 0) is 0 Å². The number of imidazole rings is 1. The largest absolute Gasteiger partial charge is 0.354 e. The minimum atomic E-state index is -0.0609. The Morgan fingerprint density at radius 3 is 2.68 bits per heavy atom. The van der Waals surface area contributed by atoms with E-state index in [0.29, 0.717) is 4.88 Å². The zero-order valence-corrected chi connectivity index (χ0v) is 11.5. The van der Waals surface area contributed by atoms with Crippen molar-refractivity contribution < 1.29 is 4.79 Å². The lowest BCUT2D eigenvalue weighted by Gasteiger charge is -1.97. The quantitative estimate of drug-likeness (QED) is 0.779. The maximum absolute atomic E-state index is 11.7. The van der Waals surface area contributed by atoms with Crippen molar-refractivity contribution in [3.05, 3.63) is 47.1 Å². The molecule has 0 radical (unpaired) electrons. The highest BCUT2D eigenvalue weighted by atomic mass is 32.1. The van der Waals surface area contributed by atoms with Gasteiger partial charge >= 0.3 is 0 Å². The van der Waals surface area contributed by atoms with Crippen molar-refractivity contribution in [3.63, 3.8) is 0 Å². The molecule has 2 aromatic heterocycles. The Bertz CT molecular complexity index is 743. The third kappa shape index (κ3) is 1.92. The zero-order valence-electron chi connectivity index (χ0n) is 10.7. The van der Waals surface area contributed by atoms with Gasteiger partial charge in [0.25, 0.3) is 5.91 Å². The summed E-state index contributed by atoms with van der Waals surface area (Å²) < 4.78 is 1.97. The maximum Gasteiger partial charge on any atom is 0.263 e. The van der Waals surface area contributed by atoms with E-state index in [-0.39, 0.29) is 5.91 Å². The molecule has 3 aromatic rings. The lowest BCUT2D eigenvalue weighted by molar-refractivity contribution is 0.0966. The van der Waals surface area contributed by atoms with Crippen molar-refractivity contribution in [2.24, 2.45) is 0 Å². The third-order valence-corrected chi connectivity index (χ3v) is 4.22. The fraction of sp³-hybridized carbons (Fsp3) is 0.143. The molecule has 0 fully saturated rings. The van der Waals surface area contributed by atoms with Gasteiger partial charge in [0.1, 0.15) is 4.88 Å². The summed E-state index contributed by atoms with van der Waals surface area (Å²) in [6.07, 6.45) is 1.98. The lowest BCUT2D eigenvalue weighted by atomic mass is 10.2. The normalized spacial score (nSPS) is 10.8. The lowest BCUT2D eigenvalue weighted by Crippen LogP contribution is -2.17. The molecule has 0 saturated carbocycles. The van der Waals surface area contributed by atoms with Gasteiger partial charge in [-0.1, -0.05) is 41.7 Å². The number of aryl methyl sites for hydroxylation is 1. The van der Waals surface area contributed by atoms with Crippen LogP contribution in [0.25, 0.3) is 16.2 Å². The van der Waals surface area contributed by atoms with Gasteiger partial charge in [-0.3, -0.25) is 9.20 Å². The molecule has 0 saturated heterocycles. The van der Waals surface area contributed by atoms with Crippen molar-refractivity contribution >= 4 is 22.2 Å². The fourth-order valence-corrected chi connectivity index (χ4v) is 3.08. The molecule has 0 atom stereocenters. The predicted molar refractivity (Wildman–Crippen MR) is 76.6 cm³/mol. The SMILES string of the molecule is CNC(=O)c1sc2nc(-c3ccccc3)cn2c1C. The third-order valence-electron chi connectivity index (χ3n) is 3.06. The summed E-state index contributed by atoms with van der Waals surface area (Å²) in [5.41, 5.74) is 2.94. The fourth-order valence-electron chi connectivity index (χ4n) is 2.02. The molecule has 4 nitrogen and oxygen atoms in total. The van der Waals surface area contributed by atoms with Crippen LogP contribution in [0.1, 0.15) is 15.4 Å². The Morgan fingerprint density at radius 1 is 1.32 bits per heavy atom. The Morgan fingerprint density at radius 2 is 2.05 bits per heavy atom. The van der Waals surface area contributed by atoms with E-state index < -0.39 is 0 Å². The molecule has 19 heavy (non-hydrogen) atoms. The molecule has 3 rings (SSSR count). The minimum Gasteiger partial charge on any atom is -0.354 e. The minimum absolute atomic E-state index is 0.0609. The molecule has 1 aromatic carbocycles. The van der Waals surface area contributed by atoms with Crippen LogP contribution in [-0.4, -0.2) is 22.3 Å². The highest BCUT2D eigenvalue weighted by Gasteiger charge is 2.16. The van der Waals surface area contributed by atoms with Gasteiger partial charge in [-0.25, -0.2) is 4.98 Å². The van der Waals surface area contributed by atoms with Gasteiger partial charge in [-0.15, -0.1) is 0 Å². The number of fused-ring (bicyclic) bond motifs is 1. The number of hydrogen-bond acceptors (Lipinski definition) is 3. The number of benzene rings is 1. The van der Waals surface area contributed by atoms with E-state index in [1.807, 2.05) is 47.9 Å². The van der Waals surface area contributed by atoms with E-state index in [0.717, 1.165) is 21.9 Å². The first kappa shape index (κ1) is 11.9. The number of amides is 1. The van der Waals surface area contributed by atoms with Gasteiger partial charge in [0.15, 0.2) is 4.96 Å². The summed E-state index contributed by atoms with van der Waals surface area (Å²) >= 11 is 1.41. The van der Waals surface area contributed by atoms with Gasteiger partial charge < -0.3 is 5.32 Å². The van der Waals surface area contributed by atoms with Crippen molar-refractivity contribution in [2.45, 2.75) is 6.92 Å². The van der Waals surface area contributed by atoms with Crippen LogP contribution >= 0.6 is 11.3 Å². The molecular weight excluding hydrogens is 258 g/mol. The molecule has 0 aliphatic carbocycles. The van der Waals surface area contributed by atoms with E-state index >= 15 is 0 Å². The van der Waals surface area contributed by atoms with E-state index in [2.05, 4.69) is 10.3 Å². The van der Waals surface area contributed by atoms with Crippen LogP contribution in [0.5, 0.6) is 0 Å². The van der Waals surface area contributed by atoms with Crippen molar-refractivity contribution in [2.75, 3.05) is 7.05 Å². The van der Waals surface area contributed by atoms with Crippen molar-refractivity contribution in [1.82, 2.24) is 14.7 Å². The number of thiazole rings is 1. The molecule has 0 unspecified atom stereocenters. The topological polar surface area (TPSA) is 46.4 Å². The average Bonchev–Trinajstić information content (AvgIpc) is 2.99. The number of nitrogens with zero attached hydrogens (tertiary/aromatic N) is 2. The summed E-state index contributed by atoms with van der Waals surface area (Å²) in [6, 6.07) is 10.0. The summed E-state index contributed by atoms with van der Waals surface area (Å²) in [5, 5.41) is 2.65. The smallest absolute Gasteiger partial charge is 0.263 e. The second-order valence-corrected chi connectivity index (χ2v) is 5.22. The van der Waals surface area contributed by atoms with Crippen LogP contribution < -0.4 is 5.32 Å². The highest BCUT2D eigenvalue weighted by molar-refractivity contribution is 7.19. The molecule has 0 aliphatic heterocycles. The summed E-state index contributed by atoms with van der Waals surface area (Å²) in [6.45, 7) is 1.94. The summed E-state index contributed by atoms with van der Waals surface area (Å²) in [5.74, 6) is -0.0609. The number of hydrogen-bond donors (Lipinski definition) is 1. The average molecular weight is 271 g/mol. The van der Waals surface area contributed by atoms with E-state index in [4.69, 9.17) is 0 Å². The number of carbonyl (C=O) groups excluding carboxylic acids is 1. The molecule has 96 valence electrons. The van der Waals surface area contributed by atoms with Gasteiger partial charge in [-0.05, 0) is 6.92 Å². The van der Waals surface area contributed by atoms with Gasteiger partial charge in [0, 0.05) is 24.5 Å². The number of rotatable bonds is 2. The predicted octanol–water partition coefficient (Wildman–Crippen LogP) is 2.73. The second-order valence-electron chi connectivity index (χ2n) is 4.24. The first-order valence-electron chi connectivity index (χ1n) is 5.96. The van der Waals surface area contributed by atoms with Crippen LogP contribution in [0.15, 0.2) is 36.5 Å². The molecule has 1 N–H and O–H groups in total. The highest BCUT2D eigenvalue weighted by Crippen LogP contribution is 2.26. The summed E-state index contributed by atoms with van der Waals surface area (Å²) in [7, 11) is 1.64. The van der Waals surface area contributed by atoms with Crippen molar-refractivity contribution in [3.8, 4) is 11.3 Å². The Balaban J connectivity index is 2.12. The summed E-state index contributed by atoms with van der Waals surface area (Å²) in [4.78, 5) is 17.9. The second kappa shape index (κ2) is 4.51. The van der Waals surface area contributed by atoms with Gasteiger partial charge in [0.05, 0.1) is 5.69 Å². The van der Waals surface area contributed by atoms with E-state index in [9.17, 15) is 4.79 Å². The van der Waals surface area contributed by atoms with Crippen LogP contribution in [0, 0.1) is 6.92 Å². The molecule has 2 heterocycles. The van der Waals surface area contributed by atoms with Crippen LogP contribution in [0.4, 0.5) is 0 Å². The Labute approximate surface area is 114 Å². The maximum atomic E-state index is 11.7. The molecule has 0 bridgehead atoms. The molecule has 5 heteroatoms. The first-order valence-corrected chi connectivity index (χ1v) is 6.78. The van der Waals surface area contributed by atoms with Crippen LogP contribution in [0.2, 0.25) is 0 Å². The first-order chi connectivity index (χ1) is 9.20. The number of aromatic nitrogens is 2. The van der Waals surface area contributed by atoms with E-state index in [1.165, 1.54) is 11.3 Å². The zero-order chi connectivity index (χ0) is 13.4. The number of carbonyl (C=O) groups is 1. The van der Waals surface area contributed by atoms with E-state index in [1.54, 1.807) is 7.05 Å². The Hall–Kier alpha value is -2.14. The standard InChI is InChI=1S/C14H13N3OS/c1-9-12(13(18)15-2)19-14-16-11(8-17(9)14)10-6-4-3-5-7-10/h3-8H,1-2H3,(H,15,18). The Kier molecular flexibility index (Phi) is 2.83. The van der Waals surface area contributed by atoms with Gasteiger partial charge in [0.2, 0.25) is 0 Å². The van der Waals surface area contributed by atoms with Crippen LogP contribution in [0.3, 0.4) is 0 Å².